The number of aliphatic carboxylic acids is 1. The van der Waals surface area contributed by atoms with Crippen LogP contribution in [0.3, 0.4) is 0 Å². The van der Waals surface area contributed by atoms with Crippen LogP contribution in [0.1, 0.15) is 53.4 Å². The van der Waals surface area contributed by atoms with Crippen molar-refractivity contribution < 1.29 is 14.7 Å². The summed E-state index contributed by atoms with van der Waals surface area (Å²) in [4.78, 5) is 16.7. The van der Waals surface area contributed by atoms with Crippen molar-refractivity contribution in [3.63, 3.8) is 0 Å². The van der Waals surface area contributed by atoms with Gasteiger partial charge in [-0.15, -0.1) is 0 Å². The van der Waals surface area contributed by atoms with E-state index in [4.69, 9.17) is 4.84 Å². The highest BCUT2D eigenvalue weighted by Gasteiger charge is 2.41. The van der Waals surface area contributed by atoms with E-state index in [0.717, 1.165) is 25.7 Å². The van der Waals surface area contributed by atoms with Crippen LogP contribution in [0.2, 0.25) is 0 Å². The van der Waals surface area contributed by atoms with Crippen molar-refractivity contribution >= 4 is 5.97 Å². The second-order valence-electron chi connectivity index (χ2n) is 6.21. The van der Waals surface area contributed by atoms with Crippen molar-refractivity contribution in [2.75, 3.05) is 7.11 Å². The highest BCUT2D eigenvalue weighted by molar-refractivity contribution is 5.69. The number of hydrogen-bond donors (Lipinski definition) is 1. The molecular formula is C13H25NO3. The maximum atomic E-state index is 11.1. The van der Waals surface area contributed by atoms with Gasteiger partial charge in [-0.3, -0.25) is 4.79 Å². The summed E-state index contributed by atoms with van der Waals surface area (Å²) in [6.45, 7) is 8.45. The average Bonchev–Trinajstić information content (AvgIpc) is 2.14. The number of hydroxylamine groups is 2. The minimum absolute atomic E-state index is 0.133. The molecule has 0 aromatic rings. The summed E-state index contributed by atoms with van der Waals surface area (Å²) in [5.74, 6) is -0.880. The van der Waals surface area contributed by atoms with Gasteiger partial charge in [0, 0.05) is 11.1 Å². The van der Waals surface area contributed by atoms with E-state index in [1.165, 1.54) is 0 Å². The molecule has 1 fully saturated rings. The summed E-state index contributed by atoms with van der Waals surface area (Å²) < 4.78 is 0. The first kappa shape index (κ1) is 14.5. The Balaban J connectivity index is 2.92. The van der Waals surface area contributed by atoms with Crippen LogP contribution in [0.4, 0.5) is 0 Å². The van der Waals surface area contributed by atoms with E-state index in [-0.39, 0.29) is 17.0 Å². The molecule has 1 aliphatic heterocycles. The summed E-state index contributed by atoms with van der Waals surface area (Å²) >= 11 is 0. The van der Waals surface area contributed by atoms with Crippen molar-refractivity contribution in [3.8, 4) is 0 Å². The van der Waals surface area contributed by atoms with Crippen molar-refractivity contribution in [1.82, 2.24) is 5.06 Å². The van der Waals surface area contributed by atoms with Gasteiger partial charge in [-0.05, 0) is 53.4 Å². The lowest BCUT2D eigenvalue weighted by Crippen LogP contribution is -2.56. The van der Waals surface area contributed by atoms with Gasteiger partial charge in [0.2, 0.25) is 0 Å². The van der Waals surface area contributed by atoms with E-state index in [9.17, 15) is 9.90 Å². The standard InChI is InChI=1S/C13H25NO3/c1-12(2)8-6-10(11(15)16)7-9-13(3,4)14(12)17-5/h10H,6-9H2,1-5H3,(H,15,16). The lowest BCUT2D eigenvalue weighted by Gasteiger charge is -2.48. The summed E-state index contributed by atoms with van der Waals surface area (Å²) in [5, 5.41) is 11.2. The summed E-state index contributed by atoms with van der Waals surface area (Å²) in [7, 11) is 1.69. The third kappa shape index (κ3) is 3.19. The quantitative estimate of drug-likeness (QED) is 0.810. The van der Waals surface area contributed by atoms with Gasteiger partial charge in [-0.2, -0.15) is 5.06 Å². The first-order valence-corrected chi connectivity index (χ1v) is 6.28. The summed E-state index contributed by atoms with van der Waals surface area (Å²) in [6.07, 6.45) is 3.11. The maximum Gasteiger partial charge on any atom is 0.306 e. The molecule has 0 amide bonds. The third-order valence-electron chi connectivity index (χ3n) is 3.84. The molecule has 0 spiro atoms. The van der Waals surface area contributed by atoms with E-state index in [0.29, 0.717) is 0 Å². The monoisotopic (exact) mass is 243 g/mol. The lowest BCUT2D eigenvalue weighted by molar-refractivity contribution is -0.255. The minimum Gasteiger partial charge on any atom is -0.481 e. The number of carboxylic acid groups (broad SMARTS) is 1. The molecule has 0 saturated carbocycles. The van der Waals surface area contributed by atoms with Crippen LogP contribution in [0.15, 0.2) is 0 Å². The van der Waals surface area contributed by atoms with Gasteiger partial charge in [0.05, 0.1) is 13.0 Å². The van der Waals surface area contributed by atoms with Crippen LogP contribution in [0, 0.1) is 5.92 Å². The summed E-state index contributed by atoms with van der Waals surface area (Å²) in [5.41, 5.74) is -0.265. The fourth-order valence-corrected chi connectivity index (χ4v) is 2.96. The van der Waals surface area contributed by atoms with Gasteiger partial charge in [-0.25, -0.2) is 0 Å². The van der Waals surface area contributed by atoms with Crippen molar-refractivity contribution in [2.24, 2.45) is 5.92 Å². The van der Waals surface area contributed by atoms with Crippen molar-refractivity contribution in [2.45, 2.75) is 64.5 Å². The predicted octanol–water partition coefficient (Wildman–Crippen LogP) is 2.68. The average molecular weight is 243 g/mol. The lowest BCUT2D eigenvalue weighted by atomic mass is 9.80. The molecule has 1 saturated heterocycles. The molecule has 4 heteroatoms. The Kier molecular flexibility index (Phi) is 4.20. The fourth-order valence-electron chi connectivity index (χ4n) is 2.96. The van der Waals surface area contributed by atoms with Gasteiger partial charge in [-0.1, -0.05) is 0 Å². The molecule has 0 bridgehead atoms. The topological polar surface area (TPSA) is 49.8 Å². The molecule has 100 valence electrons. The van der Waals surface area contributed by atoms with E-state index >= 15 is 0 Å². The Labute approximate surface area is 104 Å². The van der Waals surface area contributed by atoms with Gasteiger partial charge in [0.25, 0.3) is 0 Å². The van der Waals surface area contributed by atoms with Crippen LogP contribution >= 0.6 is 0 Å². The summed E-state index contributed by atoms with van der Waals surface area (Å²) in [6, 6.07) is 0. The smallest absolute Gasteiger partial charge is 0.306 e. The van der Waals surface area contributed by atoms with Crippen LogP contribution in [-0.4, -0.2) is 34.3 Å². The second-order valence-corrected chi connectivity index (χ2v) is 6.21. The molecule has 0 aromatic heterocycles. The Bertz CT molecular complexity index is 266. The first-order valence-electron chi connectivity index (χ1n) is 6.28. The third-order valence-corrected chi connectivity index (χ3v) is 3.84. The van der Waals surface area contributed by atoms with Crippen LogP contribution in [0.5, 0.6) is 0 Å². The van der Waals surface area contributed by atoms with Gasteiger partial charge >= 0.3 is 5.97 Å². The molecule has 0 aliphatic carbocycles. The first-order chi connectivity index (χ1) is 7.70. The predicted molar refractivity (Wildman–Crippen MR) is 66.6 cm³/mol. The largest absolute Gasteiger partial charge is 0.481 e. The number of hydrogen-bond acceptors (Lipinski definition) is 3. The van der Waals surface area contributed by atoms with E-state index in [1.54, 1.807) is 7.11 Å². The molecule has 0 radical (unpaired) electrons. The Morgan fingerprint density at radius 1 is 1.18 bits per heavy atom. The zero-order valence-electron chi connectivity index (χ0n) is 11.6. The molecule has 4 nitrogen and oxygen atoms in total. The molecule has 1 N–H and O–H groups in total. The number of nitrogens with zero attached hydrogens (tertiary/aromatic N) is 1. The minimum atomic E-state index is -0.664. The molecule has 1 aliphatic rings. The van der Waals surface area contributed by atoms with Crippen molar-refractivity contribution in [3.05, 3.63) is 0 Å². The zero-order valence-corrected chi connectivity index (χ0v) is 11.6. The van der Waals surface area contributed by atoms with Crippen LogP contribution in [0.25, 0.3) is 0 Å². The normalized spacial score (nSPS) is 26.2. The molecule has 0 unspecified atom stereocenters. The Morgan fingerprint density at radius 3 is 1.88 bits per heavy atom. The molecular weight excluding hydrogens is 218 g/mol. The zero-order chi connectivity index (χ0) is 13.3. The van der Waals surface area contributed by atoms with Gasteiger partial charge < -0.3 is 9.94 Å². The number of carboxylic acids is 1. The number of rotatable bonds is 2. The molecule has 0 atom stereocenters. The SMILES string of the molecule is CON1C(C)(C)CCC(C(=O)O)CCC1(C)C. The molecule has 0 aromatic carbocycles. The molecule has 1 rings (SSSR count). The van der Waals surface area contributed by atoms with Gasteiger partial charge in [0.1, 0.15) is 0 Å². The molecule has 1 heterocycles. The Morgan fingerprint density at radius 2 is 1.59 bits per heavy atom. The van der Waals surface area contributed by atoms with E-state index in [2.05, 4.69) is 27.7 Å². The molecule has 17 heavy (non-hydrogen) atoms. The van der Waals surface area contributed by atoms with Crippen LogP contribution < -0.4 is 0 Å². The number of carbonyl (C=O) groups is 1. The van der Waals surface area contributed by atoms with Gasteiger partial charge in [0.15, 0.2) is 0 Å². The van der Waals surface area contributed by atoms with Crippen LogP contribution in [-0.2, 0) is 9.63 Å². The Hall–Kier alpha value is -0.610. The van der Waals surface area contributed by atoms with Crippen molar-refractivity contribution in [1.29, 1.82) is 0 Å². The highest BCUT2D eigenvalue weighted by atomic mass is 16.7. The van der Waals surface area contributed by atoms with E-state index < -0.39 is 5.97 Å². The maximum absolute atomic E-state index is 11.1. The highest BCUT2D eigenvalue weighted by Crippen LogP contribution is 2.37. The second kappa shape index (κ2) is 4.94. The van der Waals surface area contributed by atoms with E-state index in [1.807, 2.05) is 5.06 Å². The fraction of sp³-hybridized carbons (Fsp3) is 0.923.